The summed E-state index contributed by atoms with van der Waals surface area (Å²) in [5.41, 5.74) is 14.2. The lowest BCUT2D eigenvalue weighted by molar-refractivity contribution is 0.0606. The molecule has 6 aromatic rings. The van der Waals surface area contributed by atoms with Crippen LogP contribution in [0.1, 0.15) is 41.0 Å². The Bertz CT molecular complexity index is 2110. The van der Waals surface area contributed by atoms with E-state index < -0.39 is 6.17 Å². The minimum Gasteiger partial charge on any atom is -0.494 e. The van der Waals surface area contributed by atoms with Crippen molar-refractivity contribution in [3.05, 3.63) is 71.8 Å². The summed E-state index contributed by atoms with van der Waals surface area (Å²) in [5.74, 6) is 1.75. The Labute approximate surface area is 259 Å². The summed E-state index contributed by atoms with van der Waals surface area (Å²) < 4.78 is 26.2. The SMILES string of the molecule is COc1cc(C(=O)N2C[C@H](N)C[C@@H](F)C2)cn2nc(-c3cc4ccc(-c5ccn6c(C)nnc6c5)cc4n3CC3CC3)c(C)c12. The van der Waals surface area contributed by atoms with Crippen molar-refractivity contribution in [2.75, 3.05) is 20.2 Å². The van der Waals surface area contributed by atoms with Crippen LogP contribution in [0.3, 0.4) is 0 Å². The number of ether oxygens (including phenoxy) is 1. The fraction of sp³-hybridized carbons (Fsp3) is 0.353. The number of likely N-dealkylation sites (tertiary alicyclic amines) is 1. The number of carbonyl (C=O) groups is 1. The fourth-order valence-electron chi connectivity index (χ4n) is 6.80. The third kappa shape index (κ3) is 4.73. The highest BCUT2D eigenvalue weighted by Gasteiger charge is 2.30. The van der Waals surface area contributed by atoms with Crippen molar-refractivity contribution in [1.82, 2.24) is 33.7 Å². The normalized spacial score (nSPS) is 18.8. The number of aryl methyl sites for hydroxylation is 2. The number of hydrogen-bond donors (Lipinski definition) is 1. The molecule has 2 aliphatic rings. The number of carbonyl (C=O) groups excluding carboxylic acids is 1. The monoisotopic (exact) mass is 606 g/mol. The highest BCUT2D eigenvalue weighted by atomic mass is 19.1. The van der Waals surface area contributed by atoms with Crippen LogP contribution in [0.4, 0.5) is 4.39 Å². The topological polar surface area (TPSA) is 108 Å². The maximum atomic E-state index is 14.3. The number of methoxy groups -OCH3 is 1. The Kier molecular flexibility index (Phi) is 6.42. The van der Waals surface area contributed by atoms with Gasteiger partial charge in [-0.2, -0.15) is 5.10 Å². The second-order valence-corrected chi connectivity index (χ2v) is 12.6. The van der Waals surface area contributed by atoms with Gasteiger partial charge in [0.1, 0.15) is 29.0 Å². The number of halogens is 1. The van der Waals surface area contributed by atoms with E-state index in [0.717, 1.165) is 62.5 Å². The van der Waals surface area contributed by atoms with Gasteiger partial charge < -0.3 is 19.9 Å². The van der Waals surface area contributed by atoms with Gasteiger partial charge in [-0.25, -0.2) is 8.91 Å². The van der Waals surface area contributed by atoms with Crippen molar-refractivity contribution >= 4 is 28.0 Å². The van der Waals surface area contributed by atoms with E-state index in [1.807, 2.05) is 24.4 Å². The van der Waals surface area contributed by atoms with E-state index in [9.17, 15) is 9.18 Å². The first-order valence-electron chi connectivity index (χ1n) is 15.5. The van der Waals surface area contributed by atoms with Gasteiger partial charge in [-0.05, 0) is 80.5 Å². The lowest BCUT2D eigenvalue weighted by atomic mass is 10.0. The number of aromatic nitrogens is 6. The number of pyridine rings is 2. The second-order valence-electron chi connectivity index (χ2n) is 12.6. The molecular formula is C34H35FN8O2. The molecule has 8 rings (SSSR count). The van der Waals surface area contributed by atoms with E-state index in [4.69, 9.17) is 15.6 Å². The van der Waals surface area contributed by atoms with Gasteiger partial charge in [0, 0.05) is 48.0 Å². The number of hydrogen-bond acceptors (Lipinski definition) is 6. The maximum Gasteiger partial charge on any atom is 0.255 e. The number of rotatable bonds is 6. The van der Waals surface area contributed by atoms with Crippen molar-refractivity contribution in [1.29, 1.82) is 0 Å². The molecule has 10 nitrogen and oxygen atoms in total. The number of benzene rings is 1. The molecule has 1 saturated carbocycles. The van der Waals surface area contributed by atoms with Crippen LogP contribution in [0.25, 0.3) is 44.6 Å². The molecule has 230 valence electrons. The molecule has 2 fully saturated rings. The van der Waals surface area contributed by atoms with Gasteiger partial charge >= 0.3 is 0 Å². The molecule has 45 heavy (non-hydrogen) atoms. The lowest BCUT2D eigenvalue weighted by Crippen LogP contribution is -2.50. The van der Waals surface area contributed by atoms with Gasteiger partial charge in [0.15, 0.2) is 5.65 Å². The molecule has 11 heteroatoms. The fourth-order valence-corrected chi connectivity index (χ4v) is 6.80. The smallest absolute Gasteiger partial charge is 0.255 e. The van der Waals surface area contributed by atoms with Crippen LogP contribution in [0.15, 0.2) is 54.9 Å². The van der Waals surface area contributed by atoms with Gasteiger partial charge in [0.2, 0.25) is 0 Å². The van der Waals surface area contributed by atoms with Crippen molar-refractivity contribution in [2.45, 2.75) is 51.9 Å². The Morgan fingerprint density at radius 1 is 1.07 bits per heavy atom. The van der Waals surface area contributed by atoms with E-state index in [2.05, 4.69) is 51.2 Å². The molecule has 2 atom stereocenters. The van der Waals surface area contributed by atoms with Crippen LogP contribution >= 0.6 is 0 Å². The highest BCUT2D eigenvalue weighted by Crippen LogP contribution is 2.39. The first-order chi connectivity index (χ1) is 21.8. The minimum absolute atomic E-state index is 0.0337. The summed E-state index contributed by atoms with van der Waals surface area (Å²) in [7, 11) is 1.59. The van der Waals surface area contributed by atoms with Gasteiger partial charge in [0.25, 0.3) is 5.91 Å². The summed E-state index contributed by atoms with van der Waals surface area (Å²) in [6.07, 6.45) is 5.29. The average molecular weight is 607 g/mol. The summed E-state index contributed by atoms with van der Waals surface area (Å²) >= 11 is 0. The molecular weight excluding hydrogens is 571 g/mol. The zero-order valence-corrected chi connectivity index (χ0v) is 25.6. The number of amides is 1. The second kappa shape index (κ2) is 10.4. The third-order valence-corrected chi connectivity index (χ3v) is 9.31. The first-order valence-corrected chi connectivity index (χ1v) is 15.5. The van der Waals surface area contributed by atoms with Crippen molar-refractivity contribution in [2.24, 2.45) is 11.7 Å². The lowest BCUT2D eigenvalue weighted by Gasteiger charge is -2.33. The molecule has 0 spiro atoms. The molecule has 0 bridgehead atoms. The quantitative estimate of drug-likeness (QED) is 0.279. The van der Waals surface area contributed by atoms with Crippen LogP contribution in [-0.4, -0.2) is 72.0 Å². The van der Waals surface area contributed by atoms with E-state index in [-0.39, 0.29) is 24.9 Å². The Balaban J connectivity index is 1.23. The predicted octanol–water partition coefficient (Wildman–Crippen LogP) is 5.21. The summed E-state index contributed by atoms with van der Waals surface area (Å²) in [4.78, 5) is 15.0. The van der Waals surface area contributed by atoms with Crippen LogP contribution in [0, 0.1) is 19.8 Å². The number of nitrogens with two attached hydrogens (primary N) is 1. The molecule has 0 radical (unpaired) electrons. The van der Waals surface area contributed by atoms with Crippen molar-refractivity contribution in [3.63, 3.8) is 0 Å². The molecule has 2 N–H and O–H groups in total. The van der Waals surface area contributed by atoms with Crippen LogP contribution in [-0.2, 0) is 6.54 Å². The number of piperidine rings is 1. The van der Waals surface area contributed by atoms with E-state index in [1.54, 1.807) is 23.9 Å². The zero-order chi connectivity index (χ0) is 31.0. The Hall–Kier alpha value is -4.77. The van der Waals surface area contributed by atoms with Crippen molar-refractivity contribution < 1.29 is 13.9 Å². The summed E-state index contributed by atoms with van der Waals surface area (Å²) in [5, 5.41) is 14.7. The van der Waals surface area contributed by atoms with Gasteiger partial charge in [-0.3, -0.25) is 9.20 Å². The molecule has 0 unspecified atom stereocenters. The van der Waals surface area contributed by atoms with Gasteiger partial charge in [0.05, 0.1) is 24.9 Å². The molecule has 1 saturated heterocycles. The Morgan fingerprint density at radius 2 is 1.89 bits per heavy atom. The predicted molar refractivity (Wildman–Crippen MR) is 170 cm³/mol. The van der Waals surface area contributed by atoms with Crippen LogP contribution in [0.2, 0.25) is 0 Å². The third-order valence-electron chi connectivity index (χ3n) is 9.31. The molecule has 1 amide bonds. The summed E-state index contributed by atoms with van der Waals surface area (Å²) in [6.45, 7) is 5.24. The van der Waals surface area contributed by atoms with Crippen LogP contribution < -0.4 is 10.5 Å². The van der Waals surface area contributed by atoms with Gasteiger partial charge in [-0.15, -0.1) is 10.2 Å². The first kappa shape index (κ1) is 27.8. The van der Waals surface area contributed by atoms with Gasteiger partial charge in [-0.1, -0.05) is 12.1 Å². The standard InChI is InChI=1S/C34H35FN8O2/c1-19-32(39-43-16-25(12-30(45-3)33(19)43)34(44)40-17-26(35)14-27(36)18-40)29-11-24-7-6-22(10-28(24)42(29)15-21-4-5-21)23-8-9-41-20(2)37-38-31(41)13-23/h6-13,16,21,26-27H,4-5,14-15,17-18,36H2,1-3H3/t26-,27-/m1/s1. The molecule has 1 aliphatic heterocycles. The Morgan fingerprint density at radius 3 is 2.67 bits per heavy atom. The largest absolute Gasteiger partial charge is 0.494 e. The number of fused-ring (bicyclic) bond motifs is 3. The van der Waals surface area contributed by atoms with Crippen molar-refractivity contribution in [3.8, 4) is 28.3 Å². The summed E-state index contributed by atoms with van der Waals surface area (Å²) in [6, 6.07) is 14.3. The minimum atomic E-state index is -1.13. The zero-order valence-electron chi connectivity index (χ0n) is 25.6. The van der Waals surface area contributed by atoms with Crippen LogP contribution in [0.5, 0.6) is 5.75 Å². The number of alkyl halides is 1. The van der Waals surface area contributed by atoms with E-state index in [1.165, 1.54) is 17.7 Å². The molecule has 5 aromatic heterocycles. The van der Waals surface area contributed by atoms with E-state index >= 15 is 0 Å². The molecule has 1 aromatic carbocycles. The molecule has 1 aliphatic carbocycles. The number of nitrogens with zero attached hydrogens (tertiary/aromatic N) is 7. The highest BCUT2D eigenvalue weighted by molar-refractivity contribution is 5.96. The molecule has 6 heterocycles. The average Bonchev–Trinajstić information content (AvgIpc) is 3.56. The van der Waals surface area contributed by atoms with E-state index in [0.29, 0.717) is 23.8 Å². The maximum absolute atomic E-state index is 14.3.